The first kappa shape index (κ1) is 16.3. The Bertz CT molecular complexity index is 306. The summed E-state index contributed by atoms with van der Waals surface area (Å²) >= 11 is 0. The van der Waals surface area contributed by atoms with E-state index in [1.54, 1.807) is 0 Å². The lowest BCUT2D eigenvalue weighted by molar-refractivity contribution is 0.281. The minimum atomic E-state index is 0.158. The molecule has 0 amide bonds. The van der Waals surface area contributed by atoms with Crippen LogP contribution in [0.1, 0.15) is 76.7 Å². The quantitative estimate of drug-likeness (QED) is 0.534. The van der Waals surface area contributed by atoms with Gasteiger partial charge in [0.15, 0.2) is 0 Å². The Balaban J connectivity index is 1.86. The van der Waals surface area contributed by atoms with Gasteiger partial charge in [0.2, 0.25) is 0 Å². The van der Waals surface area contributed by atoms with Crippen molar-refractivity contribution in [1.82, 2.24) is 4.57 Å². The minimum absolute atomic E-state index is 0.158. The molecule has 0 aliphatic heterocycles. The molecular formula is C17H31NO. The summed E-state index contributed by atoms with van der Waals surface area (Å²) in [7, 11) is 0. The van der Waals surface area contributed by atoms with Gasteiger partial charge >= 0.3 is 0 Å². The maximum absolute atomic E-state index is 8.98. The van der Waals surface area contributed by atoms with Gasteiger partial charge in [0.05, 0.1) is 6.61 Å². The lowest BCUT2D eigenvalue weighted by Crippen LogP contribution is -1.94. The molecule has 110 valence electrons. The molecule has 0 bridgehead atoms. The number of aliphatic hydroxyl groups excluding tert-OH is 1. The average molecular weight is 265 g/mol. The fourth-order valence-electron chi connectivity index (χ4n) is 2.50. The molecule has 0 radical (unpaired) electrons. The predicted octanol–water partition coefficient (Wildman–Crippen LogP) is 4.90. The average Bonchev–Trinajstić information content (AvgIpc) is 2.89. The van der Waals surface area contributed by atoms with E-state index in [0.717, 1.165) is 12.1 Å². The van der Waals surface area contributed by atoms with E-state index in [0.29, 0.717) is 0 Å². The van der Waals surface area contributed by atoms with E-state index in [4.69, 9.17) is 5.11 Å². The van der Waals surface area contributed by atoms with Gasteiger partial charge in [-0.1, -0.05) is 64.7 Å². The third kappa shape index (κ3) is 8.10. The molecule has 0 saturated carbocycles. The van der Waals surface area contributed by atoms with Crippen LogP contribution >= 0.6 is 0 Å². The van der Waals surface area contributed by atoms with Crippen molar-refractivity contribution in [3.8, 4) is 0 Å². The number of hydrogen-bond acceptors (Lipinski definition) is 1. The number of hydrogen-bond donors (Lipinski definition) is 1. The van der Waals surface area contributed by atoms with Crippen LogP contribution in [-0.2, 0) is 13.2 Å². The summed E-state index contributed by atoms with van der Waals surface area (Å²) in [5, 5.41) is 8.98. The highest BCUT2D eigenvalue weighted by Crippen LogP contribution is 2.11. The summed E-state index contributed by atoms with van der Waals surface area (Å²) < 4.78 is 2.19. The molecule has 0 atom stereocenters. The number of aliphatic hydroxyl groups is 1. The van der Waals surface area contributed by atoms with Crippen molar-refractivity contribution in [3.63, 3.8) is 0 Å². The van der Waals surface area contributed by atoms with Gasteiger partial charge in [-0.2, -0.15) is 0 Å². The van der Waals surface area contributed by atoms with Crippen LogP contribution in [0.15, 0.2) is 18.5 Å². The van der Waals surface area contributed by atoms with Crippen molar-refractivity contribution in [3.05, 3.63) is 24.0 Å². The predicted molar refractivity (Wildman–Crippen MR) is 82.2 cm³/mol. The largest absolute Gasteiger partial charge is 0.392 e. The summed E-state index contributed by atoms with van der Waals surface area (Å²) in [6.07, 6.45) is 18.0. The van der Waals surface area contributed by atoms with Gasteiger partial charge in [-0.3, -0.25) is 0 Å². The molecule has 1 aromatic heterocycles. The maximum atomic E-state index is 8.98. The van der Waals surface area contributed by atoms with E-state index in [2.05, 4.69) is 17.7 Å². The molecule has 1 aromatic rings. The number of aromatic nitrogens is 1. The van der Waals surface area contributed by atoms with Gasteiger partial charge in [0, 0.05) is 18.9 Å². The fraction of sp³-hybridized carbons (Fsp3) is 0.765. The van der Waals surface area contributed by atoms with Gasteiger partial charge in [0.1, 0.15) is 0 Å². The molecule has 0 unspecified atom stereocenters. The highest BCUT2D eigenvalue weighted by atomic mass is 16.3. The molecule has 1 rings (SSSR count). The Hall–Kier alpha value is -0.760. The molecule has 0 saturated heterocycles. The standard InChI is InChI=1S/C17H31NO/c1-2-3-4-5-6-7-8-9-10-11-13-18-14-12-17(15-18)16-19/h12,14-15,19H,2-11,13,16H2,1H3. The second kappa shape index (κ2) is 11.1. The first-order valence-corrected chi connectivity index (χ1v) is 8.12. The normalized spacial score (nSPS) is 11.1. The molecule has 2 heteroatoms. The van der Waals surface area contributed by atoms with Crippen molar-refractivity contribution in [1.29, 1.82) is 0 Å². The topological polar surface area (TPSA) is 25.2 Å². The van der Waals surface area contributed by atoms with E-state index >= 15 is 0 Å². The van der Waals surface area contributed by atoms with Crippen LogP contribution in [-0.4, -0.2) is 9.67 Å². The zero-order valence-electron chi connectivity index (χ0n) is 12.6. The van der Waals surface area contributed by atoms with E-state index in [9.17, 15) is 0 Å². The Morgan fingerprint density at radius 2 is 1.47 bits per heavy atom. The third-order valence-corrected chi connectivity index (χ3v) is 3.76. The molecule has 0 aliphatic rings. The monoisotopic (exact) mass is 265 g/mol. The van der Waals surface area contributed by atoms with Gasteiger partial charge in [0.25, 0.3) is 0 Å². The molecule has 2 nitrogen and oxygen atoms in total. The summed E-state index contributed by atoms with van der Waals surface area (Å²) in [6.45, 7) is 3.52. The van der Waals surface area contributed by atoms with Gasteiger partial charge in [-0.25, -0.2) is 0 Å². The van der Waals surface area contributed by atoms with Crippen LogP contribution in [0.3, 0.4) is 0 Å². The zero-order valence-corrected chi connectivity index (χ0v) is 12.6. The summed E-state index contributed by atoms with van der Waals surface area (Å²) in [5.41, 5.74) is 1.02. The fourth-order valence-corrected chi connectivity index (χ4v) is 2.50. The third-order valence-electron chi connectivity index (χ3n) is 3.76. The smallest absolute Gasteiger partial charge is 0.0696 e. The number of aryl methyl sites for hydroxylation is 1. The Labute approximate surface area is 118 Å². The van der Waals surface area contributed by atoms with Crippen LogP contribution in [0.25, 0.3) is 0 Å². The first-order valence-electron chi connectivity index (χ1n) is 8.12. The van der Waals surface area contributed by atoms with Crippen LogP contribution in [0.5, 0.6) is 0 Å². The van der Waals surface area contributed by atoms with E-state index < -0.39 is 0 Å². The van der Waals surface area contributed by atoms with Crippen molar-refractivity contribution in [2.75, 3.05) is 0 Å². The van der Waals surface area contributed by atoms with Crippen molar-refractivity contribution < 1.29 is 5.11 Å². The molecule has 0 aromatic carbocycles. The van der Waals surface area contributed by atoms with Gasteiger partial charge in [-0.05, 0) is 18.1 Å². The highest BCUT2D eigenvalue weighted by Gasteiger charge is 1.96. The number of nitrogens with zero attached hydrogens (tertiary/aromatic N) is 1. The SMILES string of the molecule is CCCCCCCCCCCCn1ccc(CO)c1. The molecule has 0 spiro atoms. The molecule has 19 heavy (non-hydrogen) atoms. The first-order chi connectivity index (χ1) is 9.36. The summed E-state index contributed by atoms with van der Waals surface area (Å²) in [4.78, 5) is 0. The van der Waals surface area contributed by atoms with E-state index in [-0.39, 0.29) is 6.61 Å². The van der Waals surface area contributed by atoms with Crippen LogP contribution in [0.4, 0.5) is 0 Å². The molecule has 1 N–H and O–H groups in total. The van der Waals surface area contributed by atoms with Gasteiger partial charge < -0.3 is 9.67 Å². The Morgan fingerprint density at radius 3 is 2.00 bits per heavy atom. The summed E-state index contributed by atoms with van der Waals surface area (Å²) in [6, 6.07) is 2.00. The second-order valence-electron chi connectivity index (χ2n) is 5.60. The van der Waals surface area contributed by atoms with E-state index in [1.807, 2.05) is 12.3 Å². The zero-order chi connectivity index (χ0) is 13.8. The molecule has 0 aliphatic carbocycles. The Morgan fingerprint density at radius 1 is 0.895 bits per heavy atom. The minimum Gasteiger partial charge on any atom is -0.392 e. The van der Waals surface area contributed by atoms with Crippen molar-refractivity contribution in [2.24, 2.45) is 0 Å². The highest BCUT2D eigenvalue weighted by molar-refractivity contribution is 5.08. The second-order valence-corrected chi connectivity index (χ2v) is 5.60. The maximum Gasteiger partial charge on any atom is 0.0696 e. The molecular weight excluding hydrogens is 234 g/mol. The Kier molecular flexibility index (Phi) is 9.52. The summed E-state index contributed by atoms with van der Waals surface area (Å²) in [5.74, 6) is 0. The van der Waals surface area contributed by atoms with Crippen molar-refractivity contribution in [2.45, 2.75) is 84.3 Å². The van der Waals surface area contributed by atoms with Crippen LogP contribution in [0.2, 0.25) is 0 Å². The number of rotatable bonds is 12. The lowest BCUT2D eigenvalue weighted by atomic mass is 10.1. The lowest BCUT2D eigenvalue weighted by Gasteiger charge is -2.04. The number of unbranched alkanes of at least 4 members (excludes halogenated alkanes) is 9. The molecule has 0 fully saturated rings. The van der Waals surface area contributed by atoms with Gasteiger partial charge in [-0.15, -0.1) is 0 Å². The molecule has 1 heterocycles. The van der Waals surface area contributed by atoms with Crippen LogP contribution < -0.4 is 0 Å². The van der Waals surface area contributed by atoms with Crippen molar-refractivity contribution >= 4 is 0 Å². The van der Waals surface area contributed by atoms with E-state index in [1.165, 1.54) is 64.2 Å². The van der Waals surface area contributed by atoms with Crippen LogP contribution in [0, 0.1) is 0 Å².